The molecule has 1 unspecified atom stereocenters. The van der Waals surface area contributed by atoms with Crippen LogP contribution in [0.25, 0.3) is 0 Å². The van der Waals surface area contributed by atoms with Gasteiger partial charge < -0.3 is 19.9 Å². The van der Waals surface area contributed by atoms with Crippen LogP contribution in [0.4, 0.5) is 4.79 Å². The molecular weight excluding hydrogens is 290 g/mol. The fraction of sp³-hybridized carbons (Fsp3) is 0.944. The Labute approximate surface area is 140 Å². The van der Waals surface area contributed by atoms with Crippen molar-refractivity contribution >= 4 is 6.09 Å². The van der Waals surface area contributed by atoms with Crippen LogP contribution >= 0.6 is 0 Å². The maximum Gasteiger partial charge on any atom is 0.410 e. The third-order valence-corrected chi connectivity index (χ3v) is 5.70. The number of hydrogen-bond acceptors (Lipinski definition) is 4. The first kappa shape index (κ1) is 17.0. The summed E-state index contributed by atoms with van der Waals surface area (Å²) in [6.45, 7) is 9.27. The third kappa shape index (κ3) is 3.82. The standard InChI is InChI=1S/C18H33N3O2/c1-12-8-14(11-20(12)5)19-13-9-15-6-7-16(10-13)21(15)17(22)23-18(2,3)4/h12-16,19H,6-11H2,1-5H3/t12-,13?,14-,15-,16+/m0/s1. The van der Waals surface area contributed by atoms with E-state index in [0.717, 1.165) is 32.2 Å². The Kier molecular flexibility index (Phi) is 4.62. The van der Waals surface area contributed by atoms with Crippen LogP contribution in [-0.4, -0.2) is 65.3 Å². The molecule has 5 heteroatoms. The molecule has 5 atom stereocenters. The van der Waals surface area contributed by atoms with Gasteiger partial charge in [0.05, 0.1) is 0 Å². The van der Waals surface area contributed by atoms with E-state index in [-0.39, 0.29) is 6.09 Å². The number of ether oxygens (including phenoxy) is 1. The molecule has 0 radical (unpaired) electrons. The summed E-state index contributed by atoms with van der Waals surface area (Å²) >= 11 is 0. The molecule has 132 valence electrons. The van der Waals surface area contributed by atoms with Crippen LogP contribution in [0.2, 0.25) is 0 Å². The van der Waals surface area contributed by atoms with E-state index in [1.165, 1.54) is 6.42 Å². The SMILES string of the molecule is C[C@H]1C[C@H](NC2C[C@H]3CC[C@@H](C2)N3C(=O)OC(C)(C)C)CN1C. The number of rotatable bonds is 2. The summed E-state index contributed by atoms with van der Waals surface area (Å²) in [5, 5.41) is 3.87. The number of carbonyl (C=O) groups is 1. The van der Waals surface area contributed by atoms with Gasteiger partial charge in [0.25, 0.3) is 0 Å². The fourth-order valence-electron chi connectivity index (χ4n) is 4.57. The molecule has 3 aliphatic rings. The second-order valence-corrected chi connectivity index (χ2v) is 8.83. The van der Waals surface area contributed by atoms with Crippen molar-refractivity contribution in [2.75, 3.05) is 13.6 Å². The van der Waals surface area contributed by atoms with Crippen molar-refractivity contribution in [1.29, 1.82) is 0 Å². The van der Waals surface area contributed by atoms with Crippen LogP contribution < -0.4 is 5.32 Å². The Morgan fingerprint density at radius 3 is 2.17 bits per heavy atom. The Balaban J connectivity index is 1.56. The van der Waals surface area contributed by atoms with Gasteiger partial charge in [-0.05, 0) is 66.8 Å². The number of likely N-dealkylation sites (tertiary alicyclic amines) is 1. The minimum atomic E-state index is -0.407. The van der Waals surface area contributed by atoms with Gasteiger partial charge in [-0.1, -0.05) is 0 Å². The maximum absolute atomic E-state index is 12.5. The molecule has 23 heavy (non-hydrogen) atoms. The van der Waals surface area contributed by atoms with E-state index in [1.54, 1.807) is 0 Å². The van der Waals surface area contributed by atoms with Crippen LogP contribution in [0.15, 0.2) is 0 Å². The summed E-state index contributed by atoms with van der Waals surface area (Å²) in [5.41, 5.74) is -0.407. The van der Waals surface area contributed by atoms with Gasteiger partial charge >= 0.3 is 6.09 Å². The van der Waals surface area contributed by atoms with E-state index >= 15 is 0 Å². The average molecular weight is 323 g/mol. The number of nitrogens with one attached hydrogen (secondary N) is 1. The van der Waals surface area contributed by atoms with Crippen molar-refractivity contribution in [3.8, 4) is 0 Å². The van der Waals surface area contributed by atoms with Crippen LogP contribution in [0.3, 0.4) is 0 Å². The zero-order valence-electron chi connectivity index (χ0n) is 15.3. The number of piperidine rings is 1. The molecule has 3 aliphatic heterocycles. The smallest absolute Gasteiger partial charge is 0.410 e. The lowest BCUT2D eigenvalue weighted by Crippen LogP contribution is -2.54. The third-order valence-electron chi connectivity index (χ3n) is 5.70. The number of hydrogen-bond donors (Lipinski definition) is 1. The average Bonchev–Trinajstić information content (AvgIpc) is 2.85. The summed E-state index contributed by atoms with van der Waals surface area (Å²) in [7, 11) is 2.21. The molecule has 3 saturated heterocycles. The molecule has 0 aromatic carbocycles. The van der Waals surface area contributed by atoms with Gasteiger partial charge in [-0.2, -0.15) is 0 Å². The van der Waals surface area contributed by atoms with Crippen molar-refractivity contribution in [3.05, 3.63) is 0 Å². The second-order valence-electron chi connectivity index (χ2n) is 8.83. The van der Waals surface area contributed by atoms with Crippen LogP contribution in [0.5, 0.6) is 0 Å². The van der Waals surface area contributed by atoms with Crippen molar-refractivity contribution < 1.29 is 9.53 Å². The molecular formula is C18H33N3O2. The van der Waals surface area contributed by atoms with Gasteiger partial charge in [-0.3, -0.25) is 0 Å². The van der Waals surface area contributed by atoms with Gasteiger partial charge in [0.2, 0.25) is 0 Å². The number of nitrogens with zero attached hydrogens (tertiary/aromatic N) is 2. The quantitative estimate of drug-likeness (QED) is 0.848. The topological polar surface area (TPSA) is 44.8 Å². The molecule has 0 saturated carbocycles. The molecule has 3 rings (SSSR count). The first-order chi connectivity index (χ1) is 10.7. The predicted molar refractivity (Wildman–Crippen MR) is 91.5 cm³/mol. The minimum Gasteiger partial charge on any atom is -0.444 e. The molecule has 0 aliphatic carbocycles. The highest BCUT2D eigenvalue weighted by Crippen LogP contribution is 2.37. The number of amides is 1. The minimum absolute atomic E-state index is 0.113. The summed E-state index contributed by atoms with van der Waals surface area (Å²) in [5.74, 6) is 0. The van der Waals surface area contributed by atoms with Crippen molar-refractivity contribution in [2.24, 2.45) is 0 Å². The van der Waals surface area contributed by atoms with Gasteiger partial charge in [-0.25, -0.2) is 4.79 Å². The number of carbonyl (C=O) groups excluding carboxylic acids is 1. The lowest BCUT2D eigenvalue weighted by atomic mass is 9.96. The van der Waals surface area contributed by atoms with Crippen LogP contribution in [0, 0.1) is 0 Å². The van der Waals surface area contributed by atoms with Crippen molar-refractivity contribution in [2.45, 2.75) is 95.6 Å². The zero-order valence-corrected chi connectivity index (χ0v) is 15.3. The highest BCUT2D eigenvalue weighted by Gasteiger charge is 2.45. The molecule has 2 bridgehead atoms. The van der Waals surface area contributed by atoms with Gasteiger partial charge in [0, 0.05) is 36.8 Å². The zero-order chi connectivity index (χ0) is 16.8. The molecule has 1 amide bonds. The monoisotopic (exact) mass is 323 g/mol. The molecule has 0 aromatic rings. The largest absolute Gasteiger partial charge is 0.444 e. The number of likely N-dealkylation sites (N-methyl/N-ethyl adjacent to an activating group) is 1. The summed E-state index contributed by atoms with van der Waals surface area (Å²) < 4.78 is 5.61. The van der Waals surface area contributed by atoms with Crippen molar-refractivity contribution in [1.82, 2.24) is 15.1 Å². The highest BCUT2D eigenvalue weighted by atomic mass is 16.6. The summed E-state index contributed by atoms with van der Waals surface area (Å²) in [6.07, 6.45) is 5.52. The van der Waals surface area contributed by atoms with E-state index in [4.69, 9.17) is 4.74 Å². The first-order valence-corrected chi connectivity index (χ1v) is 9.20. The Morgan fingerprint density at radius 2 is 1.70 bits per heavy atom. The molecule has 0 aromatic heterocycles. The van der Waals surface area contributed by atoms with Crippen molar-refractivity contribution in [3.63, 3.8) is 0 Å². The Morgan fingerprint density at radius 1 is 1.09 bits per heavy atom. The van der Waals surface area contributed by atoms with Crippen LogP contribution in [-0.2, 0) is 4.74 Å². The Hall–Kier alpha value is -0.810. The highest BCUT2D eigenvalue weighted by molar-refractivity contribution is 5.69. The van der Waals surface area contributed by atoms with Gasteiger partial charge in [0.15, 0.2) is 0 Å². The van der Waals surface area contributed by atoms with Gasteiger partial charge in [0.1, 0.15) is 5.60 Å². The van der Waals surface area contributed by atoms with E-state index < -0.39 is 5.60 Å². The molecule has 5 nitrogen and oxygen atoms in total. The molecule has 0 spiro atoms. The Bertz CT molecular complexity index is 424. The van der Waals surface area contributed by atoms with E-state index in [9.17, 15) is 4.79 Å². The van der Waals surface area contributed by atoms with E-state index in [2.05, 4.69) is 24.2 Å². The van der Waals surface area contributed by atoms with E-state index in [1.807, 2.05) is 25.7 Å². The second kappa shape index (κ2) is 6.25. The van der Waals surface area contributed by atoms with Gasteiger partial charge in [-0.15, -0.1) is 0 Å². The summed E-state index contributed by atoms with van der Waals surface area (Å²) in [4.78, 5) is 17.0. The molecule has 3 fully saturated rings. The molecule has 1 N–H and O–H groups in total. The number of fused-ring (bicyclic) bond motifs is 2. The fourth-order valence-corrected chi connectivity index (χ4v) is 4.57. The van der Waals surface area contributed by atoms with E-state index in [0.29, 0.717) is 30.2 Å². The maximum atomic E-state index is 12.5. The lowest BCUT2D eigenvalue weighted by molar-refractivity contribution is 0.00434. The lowest BCUT2D eigenvalue weighted by Gasteiger charge is -2.40. The predicted octanol–water partition coefficient (Wildman–Crippen LogP) is 2.60. The normalized spacial score (nSPS) is 38.1. The summed E-state index contributed by atoms with van der Waals surface area (Å²) in [6, 6.07) is 2.55. The van der Waals surface area contributed by atoms with Crippen LogP contribution in [0.1, 0.15) is 59.8 Å². The molecule has 3 heterocycles. The first-order valence-electron chi connectivity index (χ1n) is 9.20.